The topological polar surface area (TPSA) is 134 Å². The zero-order valence-corrected chi connectivity index (χ0v) is 10.9. The molecule has 0 spiro atoms. The van der Waals surface area contributed by atoms with Gasteiger partial charge in [0, 0.05) is 14.1 Å². The van der Waals surface area contributed by atoms with Crippen LogP contribution < -0.4 is 11.2 Å². The van der Waals surface area contributed by atoms with E-state index in [2.05, 4.69) is 0 Å². The standard InChI is InChI=1S/C11H16N2O7/c1-12-9(17)5(10(18)13(2)11(12)19)8-7(16)6(15)4(14)3-20-8/h4,6-8,14-17H,3H2,1-2H3/t4-,6+,7-,8?/m1/s1. The molecule has 1 saturated heterocycles. The van der Waals surface area contributed by atoms with E-state index in [1.807, 2.05) is 0 Å². The quantitative estimate of drug-likeness (QED) is 0.431. The van der Waals surface area contributed by atoms with Crippen LogP contribution in [-0.4, -0.2) is 54.5 Å². The van der Waals surface area contributed by atoms with Gasteiger partial charge in [-0.15, -0.1) is 0 Å². The lowest BCUT2D eigenvalue weighted by atomic mass is 9.96. The first-order chi connectivity index (χ1) is 9.27. The van der Waals surface area contributed by atoms with Crippen molar-refractivity contribution in [2.75, 3.05) is 6.61 Å². The highest BCUT2D eigenvalue weighted by Gasteiger charge is 2.41. The van der Waals surface area contributed by atoms with Gasteiger partial charge in [0.15, 0.2) is 0 Å². The molecule has 0 saturated carbocycles. The van der Waals surface area contributed by atoms with Crippen LogP contribution in [0.3, 0.4) is 0 Å². The lowest BCUT2D eigenvalue weighted by molar-refractivity contribution is -0.190. The Morgan fingerprint density at radius 2 is 1.70 bits per heavy atom. The first-order valence-electron chi connectivity index (χ1n) is 5.92. The minimum absolute atomic E-state index is 0.311. The summed E-state index contributed by atoms with van der Waals surface area (Å²) in [5, 5.41) is 38.8. The summed E-state index contributed by atoms with van der Waals surface area (Å²) in [5.41, 5.74) is -1.91. The van der Waals surface area contributed by atoms with Gasteiger partial charge in [-0.1, -0.05) is 0 Å². The Balaban J connectivity index is 2.60. The van der Waals surface area contributed by atoms with Gasteiger partial charge in [0.2, 0.25) is 5.88 Å². The van der Waals surface area contributed by atoms with Gasteiger partial charge in [-0.25, -0.2) is 4.79 Å². The molecule has 1 fully saturated rings. The fourth-order valence-corrected chi connectivity index (χ4v) is 2.17. The van der Waals surface area contributed by atoms with Crippen molar-refractivity contribution >= 4 is 0 Å². The molecule has 0 aliphatic carbocycles. The molecule has 1 aliphatic heterocycles. The maximum Gasteiger partial charge on any atom is 0.333 e. The van der Waals surface area contributed by atoms with Crippen molar-refractivity contribution in [1.82, 2.24) is 9.13 Å². The predicted molar refractivity (Wildman–Crippen MR) is 65.3 cm³/mol. The lowest BCUT2D eigenvalue weighted by Crippen LogP contribution is -2.51. The van der Waals surface area contributed by atoms with Gasteiger partial charge in [0.1, 0.15) is 30.0 Å². The van der Waals surface area contributed by atoms with Gasteiger partial charge < -0.3 is 25.2 Å². The number of aromatic nitrogens is 2. The summed E-state index contributed by atoms with van der Waals surface area (Å²) in [5.74, 6) is -0.647. The van der Waals surface area contributed by atoms with E-state index in [1.165, 1.54) is 14.1 Å². The van der Waals surface area contributed by atoms with E-state index in [4.69, 9.17) is 4.74 Å². The van der Waals surface area contributed by atoms with Crippen LogP contribution in [0.15, 0.2) is 9.59 Å². The van der Waals surface area contributed by atoms with Crippen molar-refractivity contribution in [3.05, 3.63) is 26.4 Å². The predicted octanol–water partition coefficient (Wildman–Crippen LogP) is -3.06. The molecular weight excluding hydrogens is 272 g/mol. The van der Waals surface area contributed by atoms with Crippen LogP contribution in [0.2, 0.25) is 0 Å². The summed E-state index contributed by atoms with van der Waals surface area (Å²) in [4.78, 5) is 23.7. The largest absolute Gasteiger partial charge is 0.494 e. The number of ether oxygens (including phenoxy) is 1. The smallest absolute Gasteiger partial charge is 0.333 e. The molecule has 2 heterocycles. The number of aliphatic hydroxyl groups excluding tert-OH is 3. The Morgan fingerprint density at radius 1 is 1.10 bits per heavy atom. The molecule has 0 bridgehead atoms. The third-order valence-electron chi connectivity index (χ3n) is 3.45. The average Bonchev–Trinajstić information content (AvgIpc) is 2.43. The monoisotopic (exact) mass is 288 g/mol. The molecule has 4 atom stereocenters. The van der Waals surface area contributed by atoms with Crippen molar-refractivity contribution < 1.29 is 25.2 Å². The van der Waals surface area contributed by atoms with Crippen molar-refractivity contribution in [1.29, 1.82) is 0 Å². The Kier molecular flexibility index (Phi) is 3.69. The molecule has 4 N–H and O–H groups in total. The molecule has 2 rings (SSSR count). The number of aliphatic hydroxyl groups is 3. The van der Waals surface area contributed by atoms with E-state index < -0.39 is 41.5 Å². The molecule has 1 unspecified atom stereocenters. The summed E-state index contributed by atoms with van der Waals surface area (Å²) in [6, 6.07) is 0. The van der Waals surface area contributed by atoms with Crippen LogP contribution in [0.4, 0.5) is 0 Å². The van der Waals surface area contributed by atoms with Crippen LogP contribution >= 0.6 is 0 Å². The number of aromatic hydroxyl groups is 1. The molecule has 9 heteroatoms. The maximum absolute atomic E-state index is 12.1. The van der Waals surface area contributed by atoms with Crippen LogP contribution in [-0.2, 0) is 18.8 Å². The van der Waals surface area contributed by atoms with E-state index in [0.29, 0.717) is 0 Å². The third kappa shape index (κ3) is 2.04. The van der Waals surface area contributed by atoms with E-state index in [-0.39, 0.29) is 12.2 Å². The van der Waals surface area contributed by atoms with Crippen LogP contribution in [0, 0.1) is 0 Å². The summed E-state index contributed by atoms with van der Waals surface area (Å²) < 4.78 is 6.70. The van der Waals surface area contributed by atoms with E-state index in [0.717, 1.165) is 9.13 Å². The van der Waals surface area contributed by atoms with Gasteiger partial charge >= 0.3 is 5.69 Å². The molecule has 9 nitrogen and oxygen atoms in total. The fourth-order valence-electron chi connectivity index (χ4n) is 2.17. The average molecular weight is 288 g/mol. The maximum atomic E-state index is 12.1. The SMILES string of the molecule is Cn1c(O)c(C2OC[C@@H](O)[C@H](O)[C@H]2O)c(=O)n(C)c1=O. The Hall–Kier alpha value is -1.68. The number of hydrogen-bond acceptors (Lipinski definition) is 7. The minimum atomic E-state index is -1.60. The number of hydrogen-bond donors (Lipinski definition) is 4. The highest BCUT2D eigenvalue weighted by molar-refractivity contribution is 5.27. The number of nitrogens with zero attached hydrogens (tertiary/aromatic N) is 2. The molecule has 20 heavy (non-hydrogen) atoms. The van der Waals surface area contributed by atoms with E-state index in [9.17, 15) is 30.0 Å². The summed E-state index contributed by atoms with van der Waals surface area (Å²) in [7, 11) is 2.47. The third-order valence-corrected chi connectivity index (χ3v) is 3.45. The zero-order chi connectivity index (χ0) is 15.2. The Bertz CT molecular complexity index is 635. The summed E-state index contributed by atoms with van der Waals surface area (Å²) in [6.45, 7) is -0.311. The minimum Gasteiger partial charge on any atom is -0.494 e. The van der Waals surface area contributed by atoms with Gasteiger partial charge in [-0.3, -0.25) is 13.9 Å². The molecule has 112 valence electrons. The normalized spacial score (nSPS) is 30.4. The highest BCUT2D eigenvalue weighted by atomic mass is 16.5. The van der Waals surface area contributed by atoms with Gasteiger partial charge in [-0.2, -0.15) is 0 Å². The molecule has 0 radical (unpaired) electrons. The van der Waals surface area contributed by atoms with Gasteiger partial charge in [-0.05, 0) is 0 Å². The van der Waals surface area contributed by atoms with Crippen LogP contribution in [0.5, 0.6) is 5.88 Å². The summed E-state index contributed by atoms with van der Waals surface area (Å²) in [6.07, 6.45) is -5.75. The molecular formula is C11H16N2O7. The fraction of sp³-hybridized carbons (Fsp3) is 0.636. The van der Waals surface area contributed by atoms with Gasteiger partial charge in [0.25, 0.3) is 5.56 Å². The zero-order valence-electron chi connectivity index (χ0n) is 10.9. The highest BCUT2D eigenvalue weighted by Crippen LogP contribution is 2.30. The van der Waals surface area contributed by atoms with Crippen molar-refractivity contribution in [2.45, 2.75) is 24.4 Å². The van der Waals surface area contributed by atoms with E-state index in [1.54, 1.807) is 0 Å². The molecule has 1 aliphatic rings. The second-order valence-electron chi connectivity index (χ2n) is 4.75. The second-order valence-corrected chi connectivity index (χ2v) is 4.75. The molecule has 1 aromatic rings. The molecule has 0 aromatic carbocycles. The first kappa shape index (κ1) is 14.7. The Labute approximate surface area is 112 Å². The lowest BCUT2D eigenvalue weighted by Gasteiger charge is -2.35. The van der Waals surface area contributed by atoms with Crippen LogP contribution in [0.25, 0.3) is 0 Å². The van der Waals surface area contributed by atoms with Gasteiger partial charge in [0.05, 0.1) is 6.61 Å². The Morgan fingerprint density at radius 3 is 2.30 bits per heavy atom. The van der Waals surface area contributed by atoms with Crippen molar-refractivity contribution in [3.8, 4) is 5.88 Å². The molecule has 1 aromatic heterocycles. The van der Waals surface area contributed by atoms with Crippen molar-refractivity contribution in [2.24, 2.45) is 14.1 Å². The van der Waals surface area contributed by atoms with E-state index >= 15 is 0 Å². The second kappa shape index (κ2) is 5.02. The van der Waals surface area contributed by atoms with Crippen molar-refractivity contribution in [3.63, 3.8) is 0 Å². The number of rotatable bonds is 1. The first-order valence-corrected chi connectivity index (χ1v) is 5.92. The molecule has 0 amide bonds. The van der Waals surface area contributed by atoms with Crippen LogP contribution in [0.1, 0.15) is 11.7 Å². The summed E-state index contributed by atoms with van der Waals surface area (Å²) >= 11 is 0.